The van der Waals surface area contributed by atoms with E-state index >= 15 is 0 Å². The molecule has 1 aromatic carbocycles. The molecule has 0 amide bonds. The van der Waals surface area contributed by atoms with Gasteiger partial charge in [0.2, 0.25) is 0 Å². The fourth-order valence-electron chi connectivity index (χ4n) is 3.85. The van der Waals surface area contributed by atoms with Gasteiger partial charge in [-0.25, -0.2) is 0 Å². The number of hydrogen-bond donors (Lipinski definition) is 0. The predicted octanol–water partition coefficient (Wildman–Crippen LogP) is 2.33. The molecule has 2 aromatic rings. The Bertz CT molecular complexity index is 918. The molecule has 0 aliphatic carbocycles. The van der Waals surface area contributed by atoms with E-state index in [-0.39, 0.29) is 5.43 Å². The first-order valence-electron chi connectivity index (χ1n) is 10.2. The minimum Gasteiger partial charge on any atom is -0.491 e. The topological polar surface area (TPSA) is 58.4 Å². The van der Waals surface area contributed by atoms with Crippen LogP contribution in [-0.2, 0) is 4.74 Å². The molecule has 158 valence electrons. The van der Waals surface area contributed by atoms with Gasteiger partial charge >= 0.3 is 0 Å². The molecule has 0 N–H and O–H groups in total. The number of likely N-dealkylation sites (N-methyl/N-ethyl adjacent to an activating group) is 1. The Morgan fingerprint density at radius 2 is 1.83 bits per heavy atom. The molecule has 2 saturated heterocycles. The molecule has 4 rings (SSSR count). The second kappa shape index (κ2) is 9.04. The fourth-order valence-corrected chi connectivity index (χ4v) is 4.49. The lowest BCUT2D eigenvalue weighted by Crippen LogP contribution is -2.45. The number of ether oxygens (including phenoxy) is 2. The summed E-state index contributed by atoms with van der Waals surface area (Å²) in [6.07, 6.45) is 0. The monoisotopic (exact) mass is 465 g/mol. The maximum atomic E-state index is 12.7. The number of piperazine rings is 1. The molecule has 0 saturated carbocycles. The van der Waals surface area contributed by atoms with E-state index in [4.69, 9.17) is 13.9 Å². The lowest BCUT2D eigenvalue weighted by atomic mass is 10.1. The van der Waals surface area contributed by atoms with Crippen molar-refractivity contribution in [2.75, 3.05) is 77.6 Å². The Balaban J connectivity index is 1.55. The molecule has 3 heterocycles. The molecule has 0 bridgehead atoms. The average Bonchev–Trinajstić information content (AvgIpc) is 2.73. The summed E-state index contributed by atoms with van der Waals surface area (Å²) in [4.78, 5) is 19.5. The second-order valence-electron chi connectivity index (χ2n) is 7.73. The molecular weight excluding hydrogens is 438 g/mol. The Morgan fingerprint density at radius 1 is 1.10 bits per heavy atom. The molecule has 0 atom stereocenters. The highest BCUT2D eigenvalue weighted by molar-refractivity contribution is 9.10. The maximum absolute atomic E-state index is 12.7. The van der Waals surface area contributed by atoms with Gasteiger partial charge in [0, 0.05) is 57.4 Å². The van der Waals surface area contributed by atoms with Gasteiger partial charge in [0.15, 0.2) is 11.3 Å². The largest absolute Gasteiger partial charge is 0.491 e. The van der Waals surface area contributed by atoms with E-state index in [1.807, 2.05) is 13.0 Å². The summed E-state index contributed by atoms with van der Waals surface area (Å²) in [5, 5.41) is 0.567. The van der Waals surface area contributed by atoms with Crippen molar-refractivity contribution < 1.29 is 13.9 Å². The molecule has 2 aliphatic rings. The van der Waals surface area contributed by atoms with Crippen molar-refractivity contribution in [3.8, 4) is 5.75 Å². The fraction of sp³-hybridized carbons (Fsp3) is 0.571. The first kappa shape index (κ1) is 20.7. The van der Waals surface area contributed by atoms with Crippen LogP contribution >= 0.6 is 15.9 Å². The van der Waals surface area contributed by atoms with Crippen LogP contribution in [0.3, 0.4) is 0 Å². The standard InChI is InChI=1S/C21H28BrN3O4/c1-15-20-16(18(26)14-19(29-20)25-8-10-27-11-9-25)13-17(22)21(15)28-12-7-24-5-3-23(2)4-6-24/h13-14H,3-12H2,1-2H3. The van der Waals surface area contributed by atoms with Gasteiger partial charge in [-0.05, 0) is 36.0 Å². The minimum absolute atomic E-state index is 0.0412. The molecule has 0 unspecified atom stereocenters. The molecular formula is C21H28BrN3O4. The highest BCUT2D eigenvalue weighted by Gasteiger charge is 2.20. The van der Waals surface area contributed by atoms with Crippen LogP contribution in [0.2, 0.25) is 0 Å². The SMILES string of the molecule is Cc1c(OCCN2CCN(C)CC2)c(Br)cc2c(=O)cc(N3CCOCC3)oc12. The Morgan fingerprint density at radius 3 is 2.55 bits per heavy atom. The van der Waals surface area contributed by atoms with Crippen molar-refractivity contribution in [1.82, 2.24) is 9.80 Å². The number of aryl methyl sites for hydroxylation is 1. The molecule has 2 aliphatic heterocycles. The maximum Gasteiger partial charge on any atom is 0.200 e. The van der Waals surface area contributed by atoms with Crippen LogP contribution in [-0.4, -0.2) is 82.5 Å². The Labute approximate surface area is 179 Å². The van der Waals surface area contributed by atoms with Crippen molar-refractivity contribution in [3.63, 3.8) is 0 Å². The van der Waals surface area contributed by atoms with E-state index < -0.39 is 0 Å². The third-order valence-corrected chi connectivity index (χ3v) is 6.30. The lowest BCUT2D eigenvalue weighted by molar-refractivity contribution is 0.121. The quantitative estimate of drug-likeness (QED) is 0.671. The summed E-state index contributed by atoms with van der Waals surface area (Å²) >= 11 is 3.58. The number of halogens is 1. The van der Waals surface area contributed by atoms with Crippen LogP contribution < -0.4 is 15.1 Å². The van der Waals surface area contributed by atoms with Crippen molar-refractivity contribution >= 4 is 32.8 Å². The van der Waals surface area contributed by atoms with Gasteiger partial charge in [-0.1, -0.05) is 0 Å². The zero-order valence-corrected chi connectivity index (χ0v) is 18.7. The van der Waals surface area contributed by atoms with E-state index in [1.165, 1.54) is 0 Å². The van der Waals surface area contributed by atoms with Gasteiger partial charge in [0.1, 0.15) is 17.9 Å². The Kier molecular flexibility index (Phi) is 6.44. The number of fused-ring (bicyclic) bond motifs is 1. The molecule has 7 nitrogen and oxygen atoms in total. The van der Waals surface area contributed by atoms with E-state index in [9.17, 15) is 4.79 Å². The highest BCUT2D eigenvalue weighted by Crippen LogP contribution is 2.35. The van der Waals surface area contributed by atoms with E-state index in [0.29, 0.717) is 36.7 Å². The average molecular weight is 466 g/mol. The molecule has 0 radical (unpaired) electrons. The third kappa shape index (κ3) is 4.60. The first-order valence-corrected chi connectivity index (χ1v) is 11.0. The number of rotatable bonds is 5. The van der Waals surface area contributed by atoms with Crippen LogP contribution in [0, 0.1) is 6.92 Å². The van der Waals surface area contributed by atoms with E-state index in [0.717, 1.165) is 61.6 Å². The summed E-state index contributed by atoms with van der Waals surface area (Å²) in [6.45, 7) is 10.5. The van der Waals surface area contributed by atoms with Crippen LogP contribution in [0.4, 0.5) is 5.88 Å². The van der Waals surface area contributed by atoms with E-state index in [2.05, 4.69) is 37.7 Å². The summed E-state index contributed by atoms with van der Waals surface area (Å²) in [5.74, 6) is 1.34. The number of nitrogens with zero attached hydrogens (tertiary/aromatic N) is 3. The Hall–Kier alpha value is -1.61. The number of anilines is 1. The van der Waals surface area contributed by atoms with Gasteiger partial charge in [0.05, 0.1) is 23.1 Å². The summed E-state index contributed by atoms with van der Waals surface area (Å²) in [7, 11) is 2.16. The van der Waals surface area contributed by atoms with Crippen LogP contribution in [0.15, 0.2) is 25.8 Å². The van der Waals surface area contributed by atoms with Crippen molar-refractivity contribution in [3.05, 3.63) is 32.4 Å². The molecule has 8 heteroatoms. The molecule has 29 heavy (non-hydrogen) atoms. The van der Waals surface area contributed by atoms with Crippen LogP contribution in [0.5, 0.6) is 5.75 Å². The van der Waals surface area contributed by atoms with Crippen LogP contribution in [0.25, 0.3) is 11.0 Å². The van der Waals surface area contributed by atoms with Gasteiger partial charge in [0.25, 0.3) is 0 Å². The summed E-state index contributed by atoms with van der Waals surface area (Å²) in [5.41, 5.74) is 1.40. The van der Waals surface area contributed by atoms with Gasteiger partial charge in [-0.15, -0.1) is 0 Å². The van der Waals surface area contributed by atoms with E-state index in [1.54, 1.807) is 6.07 Å². The van der Waals surface area contributed by atoms with Gasteiger partial charge < -0.3 is 23.7 Å². The normalized spacial score (nSPS) is 19.1. The van der Waals surface area contributed by atoms with Crippen LogP contribution in [0.1, 0.15) is 5.56 Å². The molecule has 0 spiro atoms. The zero-order chi connectivity index (χ0) is 20.4. The summed E-state index contributed by atoms with van der Waals surface area (Å²) < 4.78 is 18.5. The molecule has 2 fully saturated rings. The first-order chi connectivity index (χ1) is 14.0. The van der Waals surface area contributed by atoms with Crippen molar-refractivity contribution in [2.24, 2.45) is 0 Å². The minimum atomic E-state index is -0.0412. The third-order valence-electron chi connectivity index (χ3n) is 5.71. The number of benzene rings is 1. The smallest absolute Gasteiger partial charge is 0.200 e. The predicted molar refractivity (Wildman–Crippen MR) is 117 cm³/mol. The highest BCUT2D eigenvalue weighted by atomic mass is 79.9. The number of morpholine rings is 1. The van der Waals surface area contributed by atoms with Gasteiger partial charge in [-0.3, -0.25) is 9.69 Å². The molecule has 1 aromatic heterocycles. The number of hydrogen-bond acceptors (Lipinski definition) is 7. The zero-order valence-electron chi connectivity index (χ0n) is 17.1. The second-order valence-corrected chi connectivity index (χ2v) is 8.59. The lowest BCUT2D eigenvalue weighted by Gasteiger charge is -2.32. The summed E-state index contributed by atoms with van der Waals surface area (Å²) in [6, 6.07) is 3.38. The van der Waals surface area contributed by atoms with Crippen molar-refractivity contribution in [1.29, 1.82) is 0 Å². The van der Waals surface area contributed by atoms with Gasteiger partial charge in [-0.2, -0.15) is 0 Å². The van der Waals surface area contributed by atoms with Crippen molar-refractivity contribution in [2.45, 2.75) is 6.92 Å².